The van der Waals surface area contributed by atoms with Gasteiger partial charge in [0.05, 0.1) is 23.8 Å². The second-order valence-electron chi connectivity index (χ2n) is 5.73. The molecule has 0 radical (unpaired) electrons. The zero-order valence-electron chi connectivity index (χ0n) is 12.7. The van der Waals surface area contributed by atoms with E-state index in [1.54, 1.807) is 23.3 Å². The molecule has 0 bridgehead atoms. The molecule has 118 valence electrons. The predicted octanol–water partition coefficient (Wildman–Crippen LogP) is 0.701. The topological polar surface area (TPSA) is 81.0 Å². The third-order valence-corrected chi connectivity index (χ3v) is 5.22. The second-order valence-corrected chi connectivity index (χ2v) is 7.72. The van der Waals surface area contributed by atoms with Gasteiger partial charge in [0.1, 0.15) is 0 Å². The smallest absolute Gasteiger partial charge is 0.211 e. The molecule has 7 nitrogen and oxygen atoms in total. The van der Waals surface area contributed by atoms with Gasteiger partial charge in [0, 0.05) is 44.3 Å². The Morgan fingerprint density at radius 3 is 2.73 bits per heavy atom. The van der Waals surface area contributed by atoms with Gasteiger partial charge in [0.15, 0.2) is 0 Å². The van der Waals surface area contributed by atoms with Crippen molar-refractivity contribution in [3.8, 4) is 11.3 Å². The number of nitrogens with zero attached hydrogens (tertiary/aromatic N) is 5. The molecule has 0 spiro atoms. The van der Waals surface area contributed by atoms with Crippen LogP contribution in [0, 0.1) is 5.92 Å². The molecule has 0 aromatic carbocycles. The van der Waals surface area contributed by atoms with Crippen molar-refractivity contribution >= 4 is 10.0 Å². The van der Waals surface area contributed by atoms with E-state index in [0.717, 1.165) is 29.8 Å². The van der Waals surface area contributed by atoms with E-state index in [4.69, 9.17) is 0 Å². The lowest BCUT2D eigenvalue weighted by molar-refractivity contribution is 0.459. The first-order valence-electron chi connectivity index (χ1n) is 7.17. The summed E-state index contributed by atoms with van der Waals surface area (Å²) in [5, 5.41) is 4.17. The predicted molar refractivity (Wildman–Crippen MR) is 82.5 cm³/mol. The molecule has 1 saturated heterocycles. The minimum absolute atomic E-state index is 0.279. The molecule has 2 aromatic heterocycles. The molecule has 1 aliphatic rings. The van der Waals surface area contributed by atoms with Crippen LogP contribution >= 0.6 is 0 Å². The summed E-state index contributed by atoms with van der Waals surface area (Å²) in [7, 11) is -1.24. The van der Waals surface area contributed by atoms with E-state index >= 15 is 0 Å². The van der Waals surface area contributed by atoms with Crippen LogP contribution in [-0.4, -0.2) is 51.8 Å². The van der Waals surface area contributed by atoms with E-state index in [1.165, 1.54) is 10.6 Å². The second kappa shape index (κ2) is 5.77. The van der Waals surface area contributed by atoms with Gasteiger partial charge in [-0.05, 0) is 18.8 Å². The Balaban J connectivity index is 1.80. The van der Waals surface area contributed by atoms with E-state index in [0.29, 0.717) is 13.1 Å². The van der Waals surface area contributed by atoms with Crippen molar-refractivity contribution in [2.45, 2.75) is 12.8 Å². The molecule has 1 atom stereocenters. The molecular weight excluding hydrogens is 302 g/mol. The van der Waals surface area contributed by atoms with Gasteiger partial charge in [-0.25, -0.2) is 12.7 Å². The Labute approximate surface area is 130 Å². The lowest BCUT2D eigenvalue weighted by Crippen LogP contribution is -2.27. The molecule has 1 aliphatic heterocycles. The summed E-state index contributed by atoms with van der Waals surface area (Å²) in [6.07, 6.45) is 9.87. The maximum absolute atomic E-state index is 11.6. The number of aromatic nitrogens is 4. The van der Waals surface area contributed by atoms with Crippen LogP contribution in [0.5, 0.6) is 0 Å². The van der Waals surface area contributed by atoms with Crippen molar-refractivity contribution in [3.63, 3.8) is 0 Å². The van der Waals surface area contributed by atoms with Crippen molar-refractivity contribution in [2.75, 3.05) is 19.3 Å². The minimum Gasteiger partial charge on any atom is -0.275 e. The van der Waals surface area contributed by atoms with E-state index in [2.05, 4.69) is 15.1 Å². The Kier molecular flexibility index (Phi) is 3.96. The van der Waals surface area contributed by atoms with E-state index < -0.39 is 10.0 Å². The highest BCUT2D eigenvalue weighted by molar-refractivity contribution is 7.88. The van der Waals surface area contributed by atoms with Crippen LogP contribution in [0.25, 0.3) is 11.3 Å². The summed E-state index contributed by atoms with van der Waals surface area (Å²) in [5.74, 6) is 0.279. The molecule has 0 unspecified atom stereocenters. The normalized spacial score (nSPS) is 19.6. The summed E-state index contributed by atoms with van der Waals surface area (Å²) in [6, 6.07) is 0. The van der Waals surface area contributed by atoms with E-state index in [-0.39, 0.29) is 5.92 Å². The first-order valence-corrected chi connectivity index (χ1v) is 9.02. The maximum atomic E-state index is 11.6. The molecule has 0 aliphatic carbocycles. The monoisotopic (exact) mass is 321 g/mol. The highest BCUT2D eigenvalue weighted by Crippen LogP contribution is 2.26. The quantitative estimate of drug-likeness (QED) is 0.828. The minimum atomic E-state index is -3.10. The number of sulfonamides is 1. The van der Waals surface area contributed by atoms with Crippen molar-refractivity contribution in [3.05, 3.63) is 30.5 Å². The van der Waals surface area contributed by atoms with E-state index in [1.807, 2.05) is 13.2 Å². The van der Waals surface area contributed by atoms with Crippen LogP contribution in [0.3, 0.4) is 0 Å². The third kappa shape index (κ3) is 3.17. The Bertz CT molecular complexity index is 771. The fourth-order valence-electron chi connectivity index (χ4n) is 2.84. The highest BCUT2D eigenvalue weighted by atomic mass is 32.2. The average molecular weight is 321 g/mol. The largest absolute Gasteiger partial charge is 0.275 e. The van der Waals surface area contributed by atoms with Crippen LogP contribution in [0.2, 0.25) is 0 Å². The van der Waals surface area contributed by atoms with Crippen LogP contribution in [0.4, 0.5) is 0 Å². The zero-order valence-corrected chi connectivity index (χ0v) is 13.5. The Morgan fingerprint density at radius 1 is 1.32 bits per heavy atom. The lowest BCUT2D eigenvalue weighted by atomic mass is 10.00. The van der Waals surface area contributed by atoms with Gasteiger partial charge in [0.2, 0.25) is 10.0 Å². The molecule has 22 heavy (non-hydrogen) atoms. The fraction of sp³-hybridized carbons (Fsp3) is 0.500. The molecule has 0 N–H and O–H groups in total. The SMILES string of the molecule is Cn1cc(-c2nccnc2C[C@H]2CCN(S(C)(=O)=O)C2)cn1. The summed E-state index contributed by atoms with van der Waals surface area (Å²) < 4.78 is 26.5. The number of hydrogen-bond donors (Lipinski definition) is 0. The average Bonchev–Trinajstić information content (AvgIpc) is 3.08. The van der Waals surface area contributed by atoms with Crippen LogP contribution in [-0.2, 0) is 23.5 Å². The molecule has 3 rings (SSSR count). The number of rotatable bonds is 4. The van der Waals surface area contributed by atoms with Gasteiger partial charge in [-0.3, -0.25) is 14.6 Å². The highest BCUT2D eigenvalue weighted by Gasteiger charge is 2.29. The molecular formula is C14H19N5O2S. The van der Waals surface area contributed by atoms with Crippen LogP contribution in [0.1, 0.15) is 12.1 Å². The summed E-state index contributed by atoms with van der Waals surface area (Å²) in [4.78, 5) is 8.87. The molecule has 3 heterocycles. The summed E-state index contributed by atoms with van der Waals surface area (Å²) in [6.45, 7) is 1.15. The number of aryl methyl sites for hydroxylation is 1. The van der Waals surface area contributed by atoms with Crippen molar-refractivity contribution in [1.29, 1.82) is 0 Å². The molecule has 2 aromatic rings. The van der Waals surface area contributed by atoms with Gasteiger partial charge in [-0.2, -0.15) is 5.10 Å². The number of hydrogen-bond acceptors (Lipinski definition) is 5. The summed E-state index contributed by atoms with van der Waals surface area (Å²) >= 11 is 0. The molecule has 0 amide bonds. The summed E-state index contributed by atoms with van der Waals surface area (Å²) in [5.41, 5.74) is 2.66. The Hall–Kier alpha value is -1.80. The zero-order chi connectivity index (χ0) is 15.7. The van der Waals surface area contributed by atoms with Crippen molar-refractivity contribution in [2.24, 2.45) is 13.0 Å². The fourth-order valence-corrected chi connectivity index (χ4v) is 3.76. The molecule has 8 heteroatoms. The third-order valence-electron chi connectivity index (χ3n) is 3.95. The first kappa shape index (κ1) is 15.1. The van der Waals surface area contributed by atoms with Crippen LogP contribution in [0.15, 0.2) is 24.8 Å². The van der Waals surface area contributed by atoms with Crippen molar-refractivity contribution in [1.82, 2.24) is 24.1 Å². The van der Waals surface area contributed by atoms with Gasteiger partial charge >= 0.3 is 0 Å². The van der Waals surface area contributed by atoms with Gasteiger partial charge in [0.25, 0.3) is 0 Å². The van der Waals surface area contributed by atoms with Gasteiger partial charge in [-0.1, -0.05) is 0 Å². The molecule has 1 fully saturated rings. The van der Waals surface area contributed by atoms with Crippen molar-refractivity contribution < 1.29 is 8.42 Å². The Morgan fingerprint density at radius 2 is 2.09 bits per heavy atom. The van der Waals surface area contributed by atoms with E-state index in [9.17, 15) is 8.42 Å². The van der Waals surface area contributed by atoms with Gasteiger partial charge < -0.3 is 0 Å². The first-order chi connectivity index (χ1) is 10.4. The van der Waals surface area contributed by atoms with Crippen LogP contribution < -0.4 is 0 Å². The molecule has 0 saturated carbocycles. The maximum Gasteiger partial charge on any atom is 0.211 e. The van der Waals surface area contributed by atoms with Gasteiger partial charge in [-0.15, -0.1) is 0 Å². The standard InChI is InChI=1S/C14H19N5O2S/c1-18-10-12(8-17-18)14-13(15-4-5-16-14)7-11-3-6-19(9-11)22(2,20)21/h4-5,8,10-11H,3,6-7,9H2,1-2H3/t11-/m1/s1. The lowest BCUT2D eigenvalue weighted by Gasteiger charge is -2.14.